The van der Waals surface area contributed by atoms with Gasteiger partial charge in [0, 0.05) is 23.8 Å². The lowest BCUT2D eigenvalue weighted by molar-refractivity contribution is 1.29. The van der Waals surface area contributed by atoms with Crippen molar-refractivity contribution in [3.05, 3.63) is 61.0 Å². The third-order valence-electron chi connectivity index (χ3n) is 2.00. The summed E-state index contributed by atoms with van der Waals surface area (Å²) in [4.78, 5) is 2.02. The molecule has 0 saturated carbocycles. The number of nitrogens with zero attached hydrogens (tertiary/aromatic N) is 1. The molecular weight excluding hydrogens is 172 g/mol. The predicted octanol–water partition coefficient (Wildman–Crippen LogP) is 2.67. The lowest BCUT2D eigenvalue weighted by atomic mass is 10.2. The highest BCUT2D eigenvalue weighted by Gasteiger charge is 1.99. The van der Waals surface area contributed by atoms with Gasteiger partial charge in [-0.3, -0.25) is 0 Å². The van der Waals surface area contributed by atoms with Gasteiger partial charge in [0.15, 0.2) is 0 Å². The average molecular weight is 184 g/mol. The highest BCUT2D eigenvalue weighted by Crippen LogP contribution is 2.18. The highest BCUT2D eigenvalue weighted by molar-refractivity contribution is 5.60. The molecule has 2 N–H and O–H groups in total. The molecule has 0 aliphatic carbocycles. The van der Waals surface area contributed by atoms with Crippen molar-refractivity contribution in [1.29, 1.82) is 0 Å². The summed E-state index contributed by atoms with van der Waals surface area (Å²) >= 11 is 0. The Balaban J connectivity index is 2.31. The number of nitrogen functional groups attached to an aromatic ring is 1. The summed E-state index contributed by atoms with van der Waals surface area (Å²) in [6, 6.07) is 7.80. The Hall–Kier alpha value is -1.96. The Morgan fingerprint density at radius 2 is 1.64 bits per heavy atom. The SMILES string of the molecule is Nc1cccc(N2C=CC=CC=C2)c1. The number of anilines is 2. The first-order valence-electron chi connectivity index (χ1n) is 4.52. The molecule has 0 bridgehead atoms. The summed E-state index contributed by atoms with van der Waals surface area (Å²) in [6.45, 7) is 0. The van der Waals surface area contributed by atoms with Crippen molar-refractivity contribution < 1.29 is 0 Å². The molecule has 2 nitrogen and oxygen atoms in total. The third kappa shape index (κ3) is 1.85. The number of nitrogens with two attached hydrogens (primary N) is 1. The van der Waals surface area contributed by atoms with E-state index in [-0.39, 0.29) is 0 Å². The number of hydrogen-bond donors (Lipinski definition) is 1. The van der Waals surface area contributed by atoms with Crippen LogP contribution in [0.5, 0.6) is 0 Å². The van der Waals surface area contributed by atoms with E-state index in [0.717, 1.165) is 11.4 Å². The van der Waals surface area contributed by atoms with Gasteiger partial charge in [0.1, 0.15) is 0 Å². The van der Waals surface area contributed by atoms with Gasteiger partial charge in [-0.05, 0) is 30.4 Å². The largest absolute Gasteiger partial charge is 0.399 e. The second-order valence-electron chi connectivity index (χ2n) is 3.07. The zero-order valence-corrected chi connectivity index (χ0v) is 7.80. The van der Waals surface area contributed by atoms with Gasteiger partial charge < -0.3 is 10.6 Å². The smallest absolute Gasteiger partial charge is 0.0469 e. The van der Waals surface area contributed by atoms with E-state index in [9.17, 15) is 0 Å². The fraction of sp³-hybridized carbons (Fsp3) is 0. The quantitative estimate of drug-likeness (QED) is 0.680. The normalized spacial score (nSPS) is 14.4. The van der Waals surface area contributed by atoms with Crippen molar-refractivity contribution >= 4 is 11.4 Å². The van der Waals surface area contributed by atoms with Crippen molar-refractivity contribution in [2.75, 3.05) is 10.6 Å². The van der Waals surface area contributed by atoms with E-state index in [2.05, 4.69) is 0 Å². The fourth-order valence-corrected chi connectivity index (χ4v) is 1.32. The molecule has 0 aromatic heterocycles. The lowest BCUT2D eigenvalue weighted by Crippen LogP contribution is -2.06. The molecule has 1 aliphatic heterocycles. The van der Waals surface area contributed by atoms with Gasteiger partial charge in [-0.15, -0.1) is 0 Å². The topological polar surface area (TPSA) is 29.3 Å². The maximum atomic E-state index is 5.71. The number of hydrogen-bond acceptors (Lipinski definition) is 2. The molecule has 1 heterocycles. The Bertz CT molecular complexity index is 387. The van der Waals surface area contributed by atoms with E-state index in [0.29, 0.717) is 0 Å². The van der Waals surface area contributed by atoms with Crippen molar-refractivity contribution in [3.8, 4) is 0 Å². The molecule has 0 amide bonds. The van der Waals surface area contributed by atoms with Crippen LogP contribution >= 0.6 is 0 Å². The van der Waals surface area contributed by atoms with Gasteiger partial charge in [0.05, 0.1) is 0 Å². The second-order valence-corrected chi connectivity index (χ2v) is 3.07. The van der Waals surface area contributed by atoms with Crippen LogP contribution in [0.1, 0.15) is 0 Å². The maximum Gasteiger partial charge on any atom is 0.0469 e. The number of allylic oxidation sites excluding steroid dienone is 4. The molecule has 2 heteroatoms. The predicted molar refractivity (Wildman–Crippen MR) is 60.8 cm³/mol. The van der Waals surface area contributed by atoms with Gasteiger partial charge in [-0.1, -0.05) is 18.2 Å². The molecule has 14 heavy (non-hydrogen) atoms. The summed E-state index contributed by atoms with van der Waals surface area (Å²) in [5.74, 6) is 0. The molecule has 0 spiro atoms. The standard InChI is InChI=1S/C12H12N2/c13-11-6-5-7-12(10-11)14-8-3-1-2-4-9-14/h1-10H,13H2. The van der Waals surface area contributed by atoms with Gasteiger partial charge in [-0.2, -0.15) is 0 Å². The van der Waals surface area contributed by atoms with E-state index in [1.807, 2.05) is 65.9 Å². The maximum absolute atomic E-state index is 5.71. The average Bonchev–Trinajstić information content (AvgIpc) is 2.45. The Labute approximate surface area is 83.6 Å². The minimum Gasteiger partial charge on any atom is -0.399 e. The van der Waals surface area contributed by atoms with Crippen molar-refractivity contribution in [2.45, 2.75) is 0 Å². The molecule has 0 unspecified atom stereocenters. The molecule has 0 saturated heterocycles. The van der Waals surface area contributed by atoms with Gasteiger partial charge >= 0.3 is 0 Å². The van der Waals surface area contributed by atoms with E-state index < -0.39 is 0 Å². The van der Waals surface area contributed by atoms with Crippen LogP contribution in [0.2, 0.25) is 0 Å². The fourth-order valence-electron chi connectivity index (χ4n) is 1.32. The lowest BCUT2D eigenvalue weighted by Gasteiger charge is -2.14. The molecule has 1 aromatic carbocycles. The van der Waals surface area contributed by atoms with Crippen molar-refractivity contribution in [1.82, 2.24) is 0 Å². The molecule has 1 aromatic rings. The van der Waals surface area contributed by atoms with Crippen LogP contribution in [0.25, 0.3) is 0 Å². The van der Waals surface area contributed by atoms with E-state index in [1.54, 1.807) is 0 Å². The van der Waals surface area contributed by atoms with Crippen LogP contribution in [-0.2, 0) is 0 Å². The van der Waals surface area contributed by atoms with Crippen molar-refractivity contribution in [2.24, 2.45) is 0 Å². The molecule has 2 rings (SSSR count). The second kappa shape index (κ2) is 3.83. The number of rotatable bonds is 1. The van der Waals surface area contributed by atoms with E-state index in [1.165, 1.54) is 0 Å². The Morgan fingerprint density at radius 1 is 0.929 bits per heavy atom. The summed E-state index contributed by atoms with van der Waals surface area (Å²) in [6.07, 6.45) is 11.9. The van der Waals surface area contributed by atoms with Crippen LogP contribution in [0.4, 0.5) is 11.4 Å². The third-order valence-corrected chi connectivity index (χ3v) is 2.00. The molecule has 0 radical (unpaired) electrons. The molecule has 70 valence electrons. The monoisotopic (exact) mass is 184 g/mol. The Kier molecular flexibility index (Phi) is 2.36. The zero-order valence-electron chi connectivity index (χ0n) is 7.80. The minimum atomic E-state index is 0.779. The van der Waals surface area contributed by atoms with Gasteiger partial charge in [0.25, 0.3) is 0 Å². The first-order valence-corrected chi connectivity index (χ1v) is 4.52. The molecular formula is C12H12N2. The van der Waals surface area contributed by atoms with Crippen molar-refractivity contribution in [3.63, 3.8) is 0 Å². The van der Waals surface area contributed by atoms with Crippen LogP contribution in [0.3, 0.4) is 0 Å². The van der Waals surface area contributed by atoms with Crippen LogP contribution in [-0.4, -0.2) is 0 Å². The van der Waals surface area contributed by atoms with Gasteiger partial charge in [-0.25, -0.2) is 0 Å². The van der Waals surface area contributed by atoms with Gasteiger partial charge in [0.2, 0.25) is 0 Å². The molecule has 0 atom stereocenters. The van der Waals surface area contributed by atoms with Crippen LogP contribution in [0.15, 0.2) is 61.0 Å². The summed E-state index contributed by atoms with van der Waals surface area (Å²) in [5.41, 5.74) is 7.56. The number of benzene rings is 1. The van der Waals surface area contributed by atoms with Crippen LogP contribution < -0.4 is 10.6 Å². The molecule has 1 aliphatic rings. The summed E-state index contributed by atoms with van der Waals surface area (Å²) in [7, 11) is 0. The first kappa shape index (κ1) is 8.63. The summed E-state index contributed by atoms with van der Waals surface area (Å²) < 4.78 is 0. The van der Waals surface area contributed by atoms with E-state index >= 15 is 0 Å². The highest BCUT2D eigenvalue weighted by atomic mass is 15.1. The zero-order chi connectivity index (χ0) is 9.80. The molecule has 0 fully saturated rings. The first-order chi connectivity index (χ1) is 6.86. The minimum absolute atomic E-state index is 0.779. The van der Waals surface area contributed by atoms with E-state index in [4.69, 9.17) is 5.73 Å². The summed E-state index contributed by atoms with van der Waals surface area (Å²) in [5, 5.41) is 0. The van der Waals surface area contributed by atoms with Crippen LogP contribution in [0, 0.1) is 0 Å². The Morgan fingerprint density at radius 3 is 2.29 bits per heavy atom.